The van der Waals surface area contributed by atoms with Crippen LogP contribution in [0.15, 0.2) is 0 Å². The van der Waals surface area contributed by atoms with E-state index in [9.17, 15) is 9.90 Å². The molecule has 1 rings (SSSR count). The molecule has 1 fully saturated rings. The van der Waals surface area contributed by atoms with Crippen molar-refractivity contribution in [1.29, 1.82) is 0 Å². The van der Waals surface area contributed by atoms with E-state index < -0.39 is 0 Å². The maximum Gasteiger partial charge on any atom is 0.221 e. The van der Waals surface area contributed by atoms with Gasteiger partial charge in [-0.05, 0) is 27.2 Å². The number of nitrogens with one attached hydrogen (secondary N) is 2. The van der Waals surface area contributed by atoms with E-state index in [1.807, 2.05) is 13.8 Å². The van der Waals surface area contributed by atoms with Gasteiger partial charge in [0.2, 0.25) is 5.91 Å². The number of amides is 1. The minimum absolute atomic E-state index is 0.0478. The monoisotopic (exact) mass is 242 g/mol. The third kappa shape index (κ3) is 3.96. The quantitative estimate of drug-likeness (QED) is 0.690. The summed E-state index contributed by atoms with van der Waals surface area (Å²) in [7, 11) is 0. The predicted octanol–water partition coefficient (Wildman–Crippen LogP) is 1.04. The number of rotatable bonds is 4. The van der Waals surface area contributed by atoms with Crippen LogP contribution in [0.25, 0.3) is 0 Å². The first-order valence-corrected chi connectivity index (χ1v) is 6.35. The highest BCUT2D eigenvalue weighted by Crippen LogP contribution is 2.40. The van der Waals surface area contributed by atoms with Crippen molar-refractivity contribution in [3.63, 3.8) is 0 Å². The highest BCUT2D eigenvalue weighted by Gasteiger charge is 2.47. The van der Waals surface area contributed by atoms with Crippen molar-refractivity contribution in [2.24, 2.45) is 5.41 Å². The second kappa shape index (κ2) is 4.94. The Kier molecular flexibility index (Phi) is 4.20. The van der Waals surface area contributed by atoms with Crippen LogP contribution >= 0.6 is 0 Å². The molecule has 0 aromatic rings. The molecule has 0 aromatic carbocycles. The lowest BCUT2D eigenvalue weighted by atomic mass is 9.64. The van der Waals surface area contributed by atoms with E-state index >= 15 is 0 Å². The number of carbonyl (C=O) groups excluding carboxylic acids is 1. The molecular weight excluding hydrogens is 216 g/mol. The van der Waals surface area contributed by atoms with Gasteiger partial charge in [0.25, 0.3) is 0 Å². The summed E-state index contributed by atoms with van der Waals surface area (Å²) in [5.74, 6) is 0.0618. The van der Waals surface area contributed by atoms with Crippen molar-refractivity contribution in [2.75, 3.05) is 6.54 Å². The van der Waals surface area contributed by atoms with Crippen LogP contribution in [0.4, 0.5) is 0 Å². The smallest absolute Gasteiger partial charge is 0.221 e. The summed E-state index contributed by atoms with van der Waals surface area (Å²) in [6.07, 6.45) is 0.867. The van der Waals surface area contributed by atoms with E-state index in [1.165, 1.54) is 0 Å². The molecule has 2 unspecified atom stereocenters. The zero-order chi connectivity index (χ0) is 13.3. The molecule has 0 aromatic heterocycles. The summed E-state index contributed by atoms with van der Waals surface area (Å²) in [5.41, 5.74) is -0.140. The predicted molar refractivity (Wildman–Crippen MR) is 68.7 cm³/mol. The Morgan fingerprint density at radius 1 is 1.41 bits per heavy atom. The summed E-state index contributed by atoms with van der Waals surface area (Å²) in [6.45, 7) is 10.9. The van der Waals surface area contributed by atoms with E-state index in [1.54, 1.807) is 0 Å². The summed E-state index contributed by atoms with van der Waals surface area (Å²) in [4.78, 5) is 11.7. The highest BCUT2D eigenvalue weighted by atomic mass is 16.3. The third-order valence-electron chi connectivity index (χ3n) is 3.56. The standard InChI is InChI=1S/C13H26N2O2/c1-12(2,3)14-7-6-11(17)15-9-8-10(16)13(9,4)5/h9-10,14,16H,6-8H2,1-5H3,(H,15,17). The van der Waals surface area contributed by atoms with Gasteiger partial charge in [0.05, 0.1) is 6.10 Å². The van der Waals surface area contributed by atoms with Crippen LogP contribution in [0, 0.1) is 5.41 Å². The van der Waals surface area contributed by atoms with Crippen LogP contribution in [-0.2, 0) is 4.79 Å². The zero-order valence-electron chi connectivity index (χ0n) is 11.6. The second-order valence-electron chi connectivity index (χ2n) is 6.62. The van der Waals surface area contributed by atoms with Gasteiger partial charge < -0.3 is 15.7 Å². The number of hydrogen-bond donors (Lipinski definition) is 3. The molecule has 2 atom stereocenters. The average molecular weight is 242 g/mol. The molecule has 0 spiro atoms. The van der Waals surface area contributed by atoms with Crippen molar-refractivity contribution < 1.29 is 9.90 Å². The van der Waals surface area contributed by atoms with Gasteiger partial charge >= 0.3 is 0 Å². The first kappa shape index (κ1) is 14.5. The Balaban J connectivity index is 2.23. The Labute approximate surface area is 104 Å². The van der Waals surface area contributed by atoms with Crippen LogP contribution in [0.1, 0.15) is 47.5 Å². The largest absolute Gasteiger partial charge is 0.392 e. The molecule has 0 heterocycles. The Morgan fingerprint density at radius 2 is 2.00 bits per heavy atom. The highest BCUT2D eigenvalue weighted by molar-refractivity contribution is 5.76. The van der Waals surface area contributed by atoms with Gasteiger partial charge in [0.1, 0.15) is 0 Å². The van der Waals surface area contributed by atoms with Gasteiger partial charge in [0, 0.05) is 30.0 Å². The maximum atomic E-state index is 11.7. The SMILES string of the molecule is CC(C)(C)NCCC(=O)NC1CC(O)C1(C)C. The van der Waals surface area contributed by atoms with Crippen LogP contribution in [-0.4, -0.2) is 35.2 Å². The molecule has 1 amide bonds. The minimum atomic E-state index is -0.291. The molecule has 0 aliphatic heterocycles. The van der Waals surface area contributed by atoms with E-state index in [0.29, 0.717) is 19.4 Å². The molecule has 0 saturated heterocycles. The molecule has 0 bridgehead atoms. The van der Waals surface area contributed by atoms with Gasteiger partial charge in [-0.2, -0.15) is 0 Å². The topological polar surface area (TPSA) is 61.4 Å². The van der Waals surface area contributed by atoms with Crippen molar-refractivity contribution in [3.8, 4) is 0 Å². The van der Waals surface area contributed by atoms with Crippen LogP contribution < -0.4 is 10.6 Å². The van der Waals surface area contributed by atoms with Crippen molar-refractivity contribution in [2.45, 2.75) is 65.1 Å². The number of aliphatic hydroxyl groups is 1. The fourth-order valence-electron chi connectivity index (χ4n) is 1.96. The fourth-order valence-corrected chi connectivity index (χ4v) is 1.96. The molecule has 1 saturated carbocycles. The normalized spacial score (nSPS) is 27.4. The Morgan fingerprint density at radius 3 is 2.41 bits per heavy atom. The molecular formula is C13H26N2O2. The molecule has 0 radical (unpaired) electrons. The zero-order valence-corrected chi connectivity index (χ0v) is 11.6. The molecule has 4 heteroatoms. The van der Waals surface area contributed by atoms with Gasteiger partial charge in [-0.3, -0.25) is 4.79 Å². The summed E-state index contributed by atoms with van der Waals surface area (Å²) < 4.78 is 0. The lowest BCUT2D eigenvalue weighted by Gasteiger charge is -2.49. The Hall–Kier alpha value is -0.610. The van der Waals surface area contributed by atoms with E-state index in [0.717, 1.165) is 0 Å². The minimum Gasteiger partial charge on any atom is -0.392 e. The molecule has 100 valence electrons. The van der Waals surface area contributed by atoms with Crippen LogP contribution in [0.2, 0.25) is 0 Å². The van der Waals surface area contributed by atoms with E-state index in [4.69, 9.17) is 0 Å². The van der Waals surface area contributed by atoms with Gasteiger partial charge in [-0.1, -0.05) is 13.8 Å². The molecule has 1 aliphatic rings. The number of carbonyl (C=O) groups is 1. The van der Waals surface area contributed by atoms with Crippen molar-refractivity contribution in [1.82, 2.24) is 10.6 Å². The van der Waals surface area contributed by atoms with Gasteiger partial charge in [-0.15, -0.1) is 0 Å². The van der Waals surface area contributed by atoms with Gasteiger partial charge in [-0.25, -0.2) is 0 Å². The summed E-state index contributed by atoms with van der Waals surface area (Å²) in [5, 5.41) is 15.8. The number of aliphatic hydroxyl groups excluding tert-OH is 1. The van der Waals surface area contributed by atoms with E-state index in [-0.39, 0.29) is 29.0 Å². The van der Waals surface area contributed by atoms with Gasteiger partial charge in [0.15, 0.2) is 0 Å². The third-order valence-corrected chi connectivity index (χ3v) is 3.56. The lowest BCUT2D eigenvalue weighted by Crippen LogP contribution is -2.61. The fraction of sp³-hybridized carbons (Fsp3) is 0.923. The first-order valence-electron chi connectivity index (χ1n) is 6.35. The first-order chi connectivity index (χ1) is 7.63. The maximum absolute atomic E-state index is 11.7. The van der Waals surface area contributed by atoms with Crippen LogP contribution in [0.3, 0.4) is 0 Å². The van der Waals surface area contributed by atoms with Crippen molar-refractivity contribution in [3.05, 3.63) is 0 Å². The average Bonchev–Trinajstić information content (AvgIpc) is 2.15. The lowest BCUT2D eigenvalue weighted by molar-refractivity contribution is -0.129. The molecule has 1 aliphatic carbocycles. The molecule has 4 nitrogen and oxygen atoms in total. The van der Waals surface area contributed by atoms with Crippen LogP contribution in [0.5, 0.6) is 0 Å². The molecule has 3 N–H and O–H groups in total. The summed E-state index contributed by atoms with van der Waals surface area (Å²) in [6, 6.07) is 0.111. The molecule has 17 heavy (non-hydrogen) atoms. The number of hydrogen-bond acceptors (Lipinski definition) is 3. The van der Waals surface area contributed by atoms with E-state index in [2.05, 4.69) is 31.4 Å². The van der Waals surface area contributed by atoms with Crippen molar-refractivity contribution >= 4 is 5.91 Å². The second-order valence-corrected chi connectivity index (χ2v) is 6.62. The summed E-state index contributed by atoms with van der Waals surface area (Å²) >= 11 is 0. The Bertz CT molecular complexity index is 282.